The topological polar surface area (TPSA) is 40.5 Å². The Kier molecular flexibility index (Phi) is 2.75. The van der Waals surface area contributed by atoms with Crippen molar-refractivity contribution in [3.63, 3.8) is 0 Å². The van der Waals surface area contributed by atoms with Crippen molar-refractivity contribution in [3.8, 4) is 5.75 Å². The molecule has 3 saturated carbocycles. The first-order valence-electron chi connectivity index (χ1n) is 9.20. The molecule has 1 spiro atoms. The quantitative estimate of drug-likeness (QED) is 0.760. The number of rotatable bonds is 0. The van der Waals surface area contributed by atoms with E-state index < -0.39 is 0 Å². The second-order valence-corrected chi connectivity index (χ2v) is 8.34. The summed E-state index contributed by atoms with van der Waals surface area (Å²) in [6.07, 6.45) is 9.86. The van der Waals surface area contributed by atoms with Gasteiger partial charge in [-0.25, -0.2) is 0 Å². The molecule has 5 rings (SSSR count). The van der Waals surface area contributed by atoms with Crippen molar-refractivity contribution >= 4 is 0 Å². The van der Waals surface area contributed by atoms with Crippen molar-refractivity contribution < 1.29 is 10.2 Å². The summed E-state index contributed by atoms with van der Waals surface area (Å²) in [5.74, 6) is 3.41. The number of aryl methyl sites for hydroxylation is 1. The monoisotopic (exact) mass is 298 g/mol. The van der Waals surface area contributed by atoms with Gasteiger partial charge in [-0.1, -0.05) is 12.5 Å². The minimum Gasteiger partial charge on any atom is -0.508 e. The zero-order valence-electron chi connectivity index (χ0n) is 13.2. The number of phenolic OH excluding ortho intramolecular Hbond substituents is 1. The molecule has 6 atom stereocenters. The van der Waals surface area contributed by atoms with Gasteiger partial charge in [0.2, 0.25) is 0 Å². The maximum Gasteiger partial charge on any atom is 0.115 e. The van der Waals surface area contributed by atoms with E-state index in [1.54, 1.807) is 0 Å². The number of aromatic hydroxyl groups is 1. The van der Waals surface area contributed by atoms with E-state index in [1.807, 2.05) is 12.1 Å². The van der Waals surface area contributed by atoms with Crippen molar-refractivity contribution in [1.82, 2.24) is 0 Å². The van der Waals surface area contributed by atoms with Crippen LogP contribution in [0.5, 0.6) is 5.75 Å². The molecular formula is C20H26O2. The van der Waals surface area contributed by atoms with Crippen LogP contribution >= 0.6 is 0 Å². The van der Waals surface area contributed by atoms with Crippen molar-refractivity contribution in [3.05, 3.63) is 29.3 Å². The Morgan fingerprint density at radius 2 is 1.95 bits per heavy atom. The van der Waals surface area contributed by atoms with Gasteiger partial charge in [-0.15, -0.1) is 0 Å². The zero-order valence-corrected chi connectivity index (χ0v) is 13.2. The van der Waals surface area contributed by atoms with Crippen molar-refractivity contribution in [2.24, 2.45) is 23.2 Å². The lowest BCUT2D eigenvalue weighted by Crippen LogP contribution is -2.35. The average molecular weight is 298 g/mol. The van der Waals surface area contributed by atoms with E-state index in [2.05, 4.69) is 6.07 Å². The van der Waals surface area contributed by atoms with Gasteiger partial charge in [0.25, 0.3) is 0 Å². The van der Waals surface area contributed by atoms with Gasteiger partial charge >= 0.3 is 0 Å². The van der Waals surface area contributed by atoms with E-state index in [9.17, 15) is 10.2 Å². The predicted molar refractivity (Wildman–Crippen MR) is 85.8 cm³/mol. The Labute approximate surface area is 132 Å². The van der Waals surface area contributed by atoms with Crippen LogP contribution in [-0.2, 0) is 6.42 Å². The fourth-order valence-corrected chi connectivity index (χ4v) is 6.70. The van der Waals surface area contributed by atoms with E-state index in [1.165, 1.54) is 49.7 Å². The molecule has 1 aromatic carbocycles. The Bertz CT molecular complexity index is 610. The number of aliphatic hydroxyl groups excluding tert-OH is 1. The van der Waals surface area contributed by atoms with Gasteiger partial charge < -0.3 is 10.2 Å². The molecule has 22 heavy (non-hydrogen) atoms. The Hall–Kier alpha value is -1.02. The highest BCUT2D eigenvalue weighted by atomic mass is 16.3. The van der Waals surface area contributed by atoms with Gasteiger partial charge in [0, 0.05) is 5.41 Å². The fourth-order valence-electron chi connectivity index (χ4n) is 6.70. The van der Waals surface area contributed by atoms with Crippen molar-refractivity contribution in [1.29, 1.82) is 0 Å². The maximum atomic E-state index is 10.6. The van der Waals surface area contributed by atoms with E-state index in [0.717, 1.165) is 30.6 Å². The lowest BCUT2D eigenvalue weighted by molar-refractivity contribution is 0.0548. The van der Waals surface area contributed by atoms with Gasteiger partial charge in [-0.05, 0) is 91.9 Å². The van der Waals surface area contributed by atoms with Crippen LogP contribution in [0, 0.1) is 23.2 Å². The highest BCUT2D eigenvalue weighted by molar-refractivity contribution is 5.40. The molecule has 1 aromatic rings. The van der Waals surface area contributed by atoms with E-state index in [-0.39, 0.29) is 6.10 Å². The zero-order chi connectivity index (χ0) is 14.9. The molecule has 0 amide bonds. The van der Waals surface area contributed by atoms with Gasteiger partial charge in [0.15, 0.2) is 0 Å². The van der Waals surface area contributed by atoms with E-state index in [4.69, 9.17) is 0 Å². The summed E-state index contributed by atoms with van der Waals surface area (Å²) in [7, 11) is 0. The van der Waals surface area contributed by atoms with Crippen LogP contribution in [0.1, 0.15) is 62.0 Å². The summed E-state index contributed by atoms with van der Waals surface area (Å²) >= 11 is 0. The molecule has 2 nitrogen and oxygen atoms in total. The first-order valence-corrected chi connectivity index (χ1v) is 9.20. The summed E-state index contributed by atoms with van der Waals surface area (Å²) in [6.45, 7) is 0. The highest BCUT2D eigenvalue weighted by Gasteiger charge is 2.67. The van der Waals surface area contributed by atoms with Gasteiger partial charge in [0.1, 0.15) is 5.75 Å². The Morgan fingerprint density at radius 3 is 2.86 bits per heavy atom. The molecule has 5 unspecified atom stereocenters. The molecule has 0 heterocycles. The summed E-state index contributed by atoms with van der Waals surface area (Å²) in [5.41, 5.74) is 3.18. The second-order valence-electron chi connectivity index (χ2n) is 8.34. The molecule has 2 N–H and O–H groups in total. The fraction of sp³-hybridized carbons (Fsp3) is 0.700. The number of hydrogen-bond donors (Lipinski definition) is 2. The summed E-state index contributed by atoms with van der Waals surface area (Å²) in [6, 6.07) is 6.05. The summed E-state index contributed by atoms with van der Waals surface area (Å²) < 4.78 is 0. The summed E-state index contributed by atoms with van der Waals surface area (Å²) in [5, 5.41) is 20.4. The van der Waals surface area contributed by atoms with Crippen LogP contribution in [0.15, 0.2) is 18.2 Å². The highest BCUT2D eigenvalue weighted by Crippen LogP contribution is 2.71. The molecule has 2 heteroatoms. The van der Waals surface area contributed by atoms with E-state index >= 15 is 0 Å². The maximum absolute atomic E-state index is 10.6. The minimum absolute atomic E-state index is 0.0255. The molecule has 0 aromatic heterocycles. The third-order valence-electron chi connectivity index (χ3n) is 7.64. The molecular weight excluding hydrogens is 272 g/mol. The average Bonchev–Trinajstić information content (AvgIpc) is 3.11. The molecule has 0 aliphatic heterocycles. The standard InChI is InChI=1S/C20H26O2/c21-14-5-7-15-12(10-14)4-6-17-16(15)3-1-2-13-11-20(13)18(17)8-9-19(20)22/h5,7,10,13,16-19,21-22H,1-4,6,8-9,11H2/t13?,16?,17?,18?,19-,20?/m0/s1. The summed E-state index contributed by atoms with van der Waals surface area (Å²) in [4.78, 5) is 0. The largest absolute Gasteiger partial charge is 0.508 e. The molecule has 0 saturated heterocycles. The molecule has 0 bridgehead atoms. The molecule has 0 radical (unpaired) electrons. The third kappa shape index (κ3) is 1.65. The third-order valence-corrected chi connectivity index (χ3v) is 7.64. The van der Waals surface area contributed by atoms with Crippen molar-refractivity contribution in [2.45, 2.75) is 63.4 Å². The van der Waals surface area contributed by atoms with Crippen LogP contribution in [0.2, 0.25) is 0 Å². The first-order chi connectivity index (χ1) is 10.7. The van der Waals surface area contributed by atoms with Gasteiger partial charge in [-0.2, -0.15) is 0 Å². The Morgan fingerprint density at radius 1 is 1.05 bits per heavy atom. The SMILES string of the molecule is Oc1ccc2c(c1)CCC1C2CCCC2CC23C1CC[C@@H]3O. The molecule has 118 valence electrons. The number of aliphatic hydroxyl groups is 1. The molecule has 4 aliphatic carbocycles. The van der Waals surface area contributed by atoms with Crippen LogP contribution in [0.3, 0.4) is 0 Å². The van der Waals surface area contributed by atoms with Crippen LogP contribution in [0.25, 0.3) is 0 Å². The van der Waals surface area contributed by atoms with Crippen molar-refractivity contribution in [2.75, 3.05) is 0 Å². The smallest absolute Gasteiger partial charge is 0.115 e. The van der Waals surface area contributed by atoms with Crippen LogP contribution < -0.4 is 0 Å². The molecule has 3 fully saturated rings. The lowest BCUT2D eigenvalue weighted by atomic mass is 9.63. The van der Waals surface area contributed by atoms with Gasteiger partial charge in [0.05, 0.1) is 6.10 Å². The number of hydrogen-bond acceptors (Lipinski definition) is 2. The van der Waals surface area contributed by atoms with Crippen LogP contribution in [-0.4, -0.2) is 16.3 Å². The van der Waals surface area contributed by atoms with E-state index in [0.29, 0.717) is 17.1 Å². The number of fused-ring (bicyclic) bond motifs is 4. The second kappa shape index (κ2) is 4.50. The molecule has 4 aliphatic rings. The minimum atomic E-state index is -0.0255. The Balaban J connectivity index is 1.55. The van der Waals surface area contributed by atoms with Crippen LogP contribution in [0.4, 0.5) is 0 Å². The number of phenols is 1. The van der Waals surface area contributed by atoms with Gasteiger partial charge in [-0.3, -0.25) is 0 Å². The number of benzene rings is 1. The normalized spacial score (nSPS) is 45.8. The first kappa shape index (κ1) is 13.4. The predicted octanol–water partition coefficient (Wildman–Crippen LogP) is 4.00. The lowest BCUT2D eigenvalue weighted by Gasteiger charge is -2.42.